The summed E-state index contributed by atoms with van der Waals surface area (Å²) in [7, 11) is 3.83. The van der Waals surface area contributed by atoms with Gasteiger partial charge in [-0.2, -0.15) is 0 Å². The highest BCUT2D eigenvalue weighted by Crippen LogP contribution is 2.18. The summed E-state index contributed by atoms with van der Waals surface area (Å²) in [6, 6.07) is 11.2. The molecule has 28 heavy (non-hydrogen) atoms. The van der Waals surface area contributed by atoms with Gasteiger partial charge in [-0.3, -0.25) is 14.5 Å². The molecule has 8 nitrogen and oxygen atoms in total. The van der Waals surface area contributed by atoms with E-state index in [1.807, 2.05) is 43.3 Å². The van der Waals surface area contributed by atoms with Gasteiger partial charge in [-0.05, 0) is 30.7 Å². The Balaban J connectivity index is 1.47. The molecule has 0 aliphatic carbocycles. The van der Waals surface area contributed by atoms with Crippen molar-refractivity contribution in [1.82, 2.24) is 25.7 Å². The number of amides is 2. The van der Waals surface area contributed by atoms with E-state index in [0.717, 1.165) is 36.6 Å². The number of carbonyl (C=O) groups excluding carboxylic acids is 2. The zero-order chi connectivity index (χ0) is 19.9. The number of nitrogens with one attached hydrogen (secondary N) is 2. The number of piperazine rings is 1. The molecule has 0 saturated carbocycles. The maximum atomic E-state index is 12.3. The van der Waals surface area contributed by atoms with E-state index in [1.54, 1.807) is 12.1 Å². The quantitative estimate of drug-likeness (QED) is 0.687. The Labute approximate surface area is 164 Å². The second-order valence-electron chi connectivity index (χ2n) is 6.98. The van der Waals surface area contributed by atoms with Gasteiger partial charge in [-0.25, -0.2) is 0 Å². The lowest BCUT2D eigenvalue weighted by atomic mass is 10.1. The van der Waals surface area contributed by atoms with E-state index in [2.05, 4.69) is 25.7 Å². The Morgan fingerprint density at radius 2 is 1.96 bits per heavy atom. The molecular weight excluding hydrogens is 356 g/mol. The van der Waals surface area contributed by atoms with Crippen molar-refractivity contribution in [2.75, 3.05) is 51.7 Å². The van der Waals surface area contributed by atoms with Crippen LogP contribution in [0.5, 0.6) is 0 Å². The van der Waals surface area contributed by atoms with Crippen LogP contribution in [0, 0.1) is 0 Å². The van der Waals surface area contributed by atoms with Crippen LogP contribution in [-0.2, 0) is 4.79 Å². The third-order valence-corrected chi connectivity index (χ3v) is 4.61. The predicted molar refractivity (Wildman–Crippen MR) is 108 cm³/mol. The smallest absolute Gasteiger partial charge is 0.251 e. The van der Waals surface area contributed by atoms with Gasteiger partial charge in [0.25, 0.3) is 5.91 Å². The van der Waals surface area contributed by atoms with Gasteiger partial charge in [0.15, 0.2) is 5.82 Å². The number of nitrogens with zero attached hydrogens (tertiary/aromatic N) is 4. The summed E-state index contributed by atoms with van der Waals surface area (Å²) < 4.78 is 0. The van der Waals surface area contributed by atoms with Crippen molar-refractivity contribution < 1.29 is 9.59 Å². The number of rotatable bonds is 7. The molecule has 148 valence electrons. The first kappa shape index (κ1) is 19.8. The van der Waals surface area contributed by atoms with E-state index >= 15 is 0 Å². The lowest BCUT2D eigenvalue weighted by Crippen LogP contribution is -2.48. The number of aromatic nitrogens is 2. The van der Waals surface area contributed by atoms with Crippen molar-refractivity contribution in [3.05, 3.63) is 42.0 Å². The minimum absolute atomic E-state index is 0.0661. The van der Waals surface area contributed by atoms with Crippen LogP contribution < -0.4 is 15.5 Å². The van der Waals surface area contributed by atoms with Crippen molar-refractivity contribution in [1.29, 1.82) is 0 Å². The van der Waals surface area contributed by atoms with Crippen LogP contribution in [0.1, 0.15) is 16.8 Å². The monoisotopic (exact) mass is 382 g/mol. The largest absolute Gasteiger partial charge is 0.361 e. The summed E-state index contributed by atoms with van der Waals surface area (Å²) in [5, 5.41) is 14.1. The van der Waals surface area contributed by atoms with Crippen LogP contribution in [-0.4, -0.2) is 73.7 Å². The average Bonchev–Trinajstić information content (AvgIpc) is 2.71. The molecule has 0 radical (unpaired) electrons. The van der Waals surface area contributed by atoms with E-state index in [9.17, 15) is 9.59 Å². The van der Waals surface area contributed by atoms with Gasteiger partial charge in [0, 0.05) is 51.4 Å². The Morgan fingerprint density at radius 1 is 1.18 bits per heavy atom. The highest BCUT2D eigenvalue weighted by molar-refractivity contribution is 5.94. The summed E-state index contributed by atoms with van der Waals surface area (Å²) in [6.45, 7) is 3.37. The molecule has 2 aromatic rings. The molecule has 0 atom stereocenters. The normalized spacial score (nSPS) is 14.4. The van der Waals surface area contributed by atoms with E-state index in [0.29, 0.717) is 25.2 Å². The van der Waals surface area contributed by atoms with Crippen molar-refractivity contribution in [2.45, 2.75) is 6.42 Å². The third kappa shape index (κ3) is 5.26. The number of hydrogen-bond donors (Lipinski definition) is 2. The molecule has 0 spiro atoms. The Kier molecular flexibility index (Phi) is 6.54. The fourth-order valence-corrected chi connectivity index (χ4v) is 3.00. The molecule has 8 heteroatoms. The van der Waals surface area contributed by atoms with Crippen molar-refractivity contribution in [3.63, 3.8) is 0 Å². The molecule has 0 bridgehead atoms. The zero-order valence-electron chi connectivity index (χ0n) is 16.3. The molecule has 0 unspecified atom stereocenters. The van der Waals surface area contributed by atoms with Gasteiger partial charge in [-0.15, -0.1) is 10.2 Å². The second-order valence-corrected chi connectivity index (χ2v) is 6.98. The topological polar surface area (TPSA) is 90.5 Å². The first-order valence-electron chi connectivity index (χ1n) is 9.41. The lowest BCUT2D eigenvalue weighted by Gasteiger charge is -2.26. The van der Waals surface area contributed by atoms with Crippen LogP contribution >= 0.6 is 0 Å². The SMILES string of the molecule is CN(C)c1ccc(-c2ccc(C(=O)NCCCN3CCNC(=O)C3)cc2)nn1. The minimum Gasteiger partial charge on any atom is -0.361 e. The van der Waals surface area contributed by atoms with E-state index in [4.69, 9.17) is 0 Å². The van der Waals surface area contributed by atoms with Gasteiger partial charge in [0.2, 0.25) is 5.91 Å². The summed E-state index contributed by atoms with van der Waals surface area (Å²) in [4.78, 5) is 27.6. The number of hydrogen-bond acceptors (Lipinski definition) is 6. The molecule has 1 fully saturated rings. The van der Waals surface area contributed by atoms with Gasteiger partial charge in [-0.1, -0.05) is 12.1 Å². The summed E-state index contributed by atoms with van der Waals surface area (Å²) in [5.41, 5.74) is 2.29. The van der Waals surface area contributed by atoms with Crippen LogP contribution in [0.4, 0.5) is 5.82 Å². The van der Waals surface area contributed by atoms with Gasteiger partial charge >= 0.3 is 0 Å². The summed E-state index contributed by atoms with van der Waals surface area (Å²) in [6.07, 6.45) is 0.810. The molecule has 1 aliphatic rings. The molecule has 1 aliphatic heterocycles. The Morgan fingerprint density at radius 3 is 2.61 bits per heavy atom. The molecule has 2 N–H and O–H groups in total. The van der Waals surface area contributed by atoms with Gasteiger partial charge in [0.05, 0.1) is 12.2 Å². The van der Waals surface area contributed by atoms with E-state index in [1.165, 1.54) is 0 Å². The van der Waals surface area contributed by atoms with Gasteiger partial charge < -0.3 is 15.5 Å². The average molecular weight is 382 g/mol. The molecule has 3 rings (SSSR count). The molecular formula is C20H26N6O2. The Hall–Kier alpha value is -3.00. The summed E-state index contributed by atoms with van der Waals surface area (Å²) >= 11 is 0. The van der Waals surface area contributed by atoms with E-state index in [-0.39, 0.29) is 11.8 Å². The standard InChI is InChI=1S/C20H26N6O2/c1-25(2)18-9-8-17(23-24-18)15-4-6-16(7-5-15)20(28)22-10-3-12-26-13-11-21-19(27)14-26/h4-9H,3,10-14H2,1-2H3,(H,21,27)(H,22,28). The summed E-state index contributed by atoms with van der Waals surface area (Å²) in [5.74, 6) is 0.762. The second kappa shape index (κ2) is 9.27. The lowest BCUT2D eigenvalue weighted by molar-refractivity contribution is -0.124. The van der Waals surface area contributed by atoms with Crippen molar-refractivity contribution in [2.24, 2.45) is 0 Å². The van der Waals surface area contributed by atoms with Crippen LogP contribution in [0.3, 0.4) is 0 Å². The maximum Gasteiger partial charge on any atom is 0.251 e. The van der Waals surface area contributed by atoms with Crippen LogP contribution in [0.25, 0.3) is 11.3 Å². The van der Waals surface area contributed by atoms with E-state index < -0.39 is 0 Å². The van der Waals surface area contributed by atoms with Gasteiger partial charge in [0.1, 0.15) is 0 Å². The fraction of sp³-hybridized carbons (Fsp3) is 0.400. The number of anilines is 1. The fourth-order valence-electron chi connectivity index (χ4n) is 3.00. The van der Waals surface area contributed by atoms with Crippen molar-refractivity contribution >= 4 is 17.6 Å². The number of benzene rings is 1. The molecule has 2 amide bonds. The molecule has 1 aromatic carbocycles. The van der Waals surface area contributed by atoms with Crippen molar-refractivity contribution in [3.8, 4) is 11.3 Å². The first-order valence-corrected chi connectivity index (χ1v) is 9.41. The van der Waals surface area contributed by atoms with Crippen LogP contribution in [0.2, 0.25) is 0 Å². The predicted octanol–water partition coefficient (Wildman–Crippen LogP) is 0.761. The zero-order valence-corrected chi connectivity index (χ0v) is 16.3. The Bertz CT molecular complexity index is 804. The molecule has 1 saturated heterocycles. The molecule has 2 heterocycles. The highest BCUT2D eigenvalue weighted by Gasteiger charge is 2.15. The maximum absolute atomic E-state index is 12.3. The number of carbonyl (C=O) groups is 2. The highest BCUT2D eigenvalue weighted by atomic mass is 16.2. The third-order valence-electron chi connectivity index (χ3n) is 4.61. The first-order chi connectivity index (χ1) is 13.5. The van der Waals surface area contributed by atoms with Crippen LogP contribution in [0.15, 0.2) is 36.4 Å². The molecule has 1 aromatic heterocycles. The minimum atomic E-state index is -0.100.